The lowest BCUT2D eigenvalue weighted by Gasteiger charge is -2.33. The molecule has 1 aliphatic heterocycles. The number of carbonyl (C=O) groups excluding carboxylic acids is 1. The van der Waals surface area contributed by atoms with E-state index in [0.29, 0.717) is 25.1 Å². The number of esters is 1. The van der Waals surface area contributed by atoms with Crippen molar-refractivity contribution >= 4 is 17.3 Å². The average molecular weight is 461 g/mol. The molecule has 0 amide bonds. The molecule has 0 fully saturated rings. The van der Waals surface area contributed by atoms with Crippen molar-refractivity contribution in [3.05, 3.63) is 94.8 Å². The molecule has 178 valence electrons. The molecule has 0 unspecified atom stereocenters. The van der Waals surface area contributed by atoms with Crippen LogP contribution in [0.5, 0.6) is 0 Å². The first-order valence-corrected chi connectivity index (χ1v) is 12.1. The number of hydrogen-bond donors (Lipinski definition) is 0. The predicted molar refractivity (Wildman–Crippen MR) is 136 cm³/mol. The molecule has 4 rings (SSSR count). The molecular weight excluding hydrogens is 427 g/mol. The van der Waals surface area contributed by atoms with E-state index >= 15 is 0 Å². The third-order valence-electron chi connectivity index (χ3n) is 6.45. The zero-order chi connectivity index (χ0) is 23.9. The summed E-state index contributed by atoms with van der Waals surface area (Å²) < 4.78 is 19.7. The Morgan fingerprint density at radius 2 is 1.88 bits per heavy atom. The second kappa shape index (κ2) is 11.2. The molecule has 1 heterocycles. The molecule has 0 radical (unpaired) electrons. The highest BCUT2D eigenvalue weighted by atomic mass is 19.1. The van der Waals surface area contributed by atoms with E-state index in [-0.39, 0.29) is 18.2 Å². The summed E-state index contributed by atoms with van der Waals surface area (Å²) in [6.07, 6.45) is 2.73. The minimum atomic E-state index is -0.293. The van der Waals surface area contributed by atoms with E-state index in [1.807, 2.05) is 13.1 Å². The highest BCUT2D eigenvalue weighted by Gasteiger charge is 2.20. The summed E-state index contributed by atoms with van der Waals surface area (Å²) in [5.74, 6) is -0.573. The molecule has 0 atom stereocenters. The van der Waals surface area contributed by atoms with Gasteiger partial charge in [0.1, 0.15) is 5.82 Å². The number of benzene rings is 3. The molecule has 0 saturated heterocycles. The number of rotatable bonds is 9. The van der Waals surface area contributed by atoms with Crippen LogP contribution in [0.4, 0.5) is 15.8 Å². The van der Waals surface area contributed by atoms with Gasteiger partial charge in [0.25, 0.3) is 0 Å². The summed E-state index contributed by atoms with van der Waals surface area (Å²) in [5, 5.41) is 0. The fourth-order valence-corrected chi connectivity index (χ4v) is 4.68. The third-order valence-corrected chi connectivity index (χ3v) is 6.45. The fraction of sp³-hybridized carbons (Fsp3) is 0.345. The quantitative estimate of drug-likeness (QED) is 0.372. The van der Waals surface area contributed by atoms with Crippen molar-refractivity contribution in [2.75, 3.05) is 30.0 Å². The summed E-state index contributed by atoms with van der Waals surface area (Å²) in [5.41, 5.74) is 6.66. The minimum Gasteiger partial charge on any atom is -0.466 e. The normalized spacial score (nSPS) is 12.9. The van der Waals surface area contributed by atoms with Crippen LogP contribution in [0.2, 0.25) is 0 Å². The van der Waals surface area contributed by atoms with Crippen LogP contribution in [0, 0.1) is 5.82 Å². The highest BCUT2D eigenvalue weighted by Crippen LogP contribution is 2.32. The Bertz CT molecular complexity index is 1120. The Hall–Kier alpha value is -3.34. The van der Waals surface area contributed by atoms with Crippen molar-refractivity contribution in [1.82, 2.24) is 0 Å². The summed E-state index contributed by atoms with van der Waals surface area (Å²) in [6.45, 7) is 4.79. The van der Waals surface area contributed by atoms with E-state index in [0.717, 1.165) is 31.6 Å². The summed E-state index contributed by atoms with van der Waals surface area (Å²) in [4.78, 5) is 16.1. The largest absolute Gasteiger partial charge is 0.466 e. The molecular formula is C29H33FN2O2. The maximum Gasteiger partial charge on any atom is 0.306 e. The lowest BCUT2D eigenvalue weighted by Crippen LogP contribution is -2.30. The first-order chi connectivity index (χ1) is 16.5. The van der Waals surface area contributed by atoms with Crippen molar-refractivity contribution in [3.8, 4) is 0 Å². The van der Waals surface area contributed by atoms with Gasteiger partial charge in [-0.25, -0.2) is 4.39 Å². The standard InChI is InChI=1S/C29H33FN2O2/c1-3-34-29(33)17-15-23-14-16-25(19-27(23)30)31(2)21-24-11-7-13-28-26(24)12-8-18-32(28)20-22-9-5-4-6-10-22/h4-7,9-11,13-14,16,19H,3,8,12,15,17-18,20-21H2,1-2H3. The van der Waals surface area contributed by atoms with Gasteiger partial charge < -0.3 is 14.5 Å². The van der Waals surface area contributed by atoms with E-state index in [1.165, 1.54) is 22.4 Å². The summed E-state index contributed by atoms with van der Waals surface area (Å²) in [6, 6.07) is 22.4. The van der Waals surface area contributed by atoms with Crippen molar-refractivity contribution in [3.63, 3.8) is 0 Å². The number of fused-ring (bicyclic) bond motifs is 1. The van der Waals surface area contributed by atoms with Gasteiger partial charge in [-0.05, 0) is 66.6 Å². The topological polar surface area (TPSA) is 32.8 Å². The van der Waals surface area contributed by atoms with Crippen LogP contribution in [0.15, 0.2) is 66.7 Å². The molecule has 5 heteroatoms. The van der Waals surface area contributed by atoms with Gasteiger partial charge in [-0.15, -0.1) is 0 Å². The van der Waals surface area contributed by atoms with Crippen LogP contribution >= 0.6 is 0 Å². The lowest BCUT2D eigenvalue weighted by molar-refractivity contribution is -0.143. The monoisotopic (exact) mass is 460 g/mol. The second-order valence-electron chi connectivity index (χ2n) is 8.86. The van der Waals surface area contributed by atoms with Crippen LogP contribution < -0.4 is 9.80 Å². The van der Waals surface area contributed by atoms with Crippen LogP contribution in [0.25, 0.3) is 0 Å². The number of hydrogen-bond acceptors (Lipinski definition) is 4. The zero-order valence-electron chi connectivity index (χ0n) is 20.1. The molecule has 1 aliphatic rings. The van der Waals surface area contributed by atoms with Crippen molar-refractivity contribution in [2.45, 2.75) is 45.7 Å². The lowest BCUT2D eigenvalue weighted by atomic mass is 9.95. The molecule has 3 aromatic rings. The third kappa shape index (κ3) is 5.77. The molecule has 0 N–H and O–H groups in total. The van der Waals surface area contributed by atoms with Gasteiger partial charge in [-0.3, -0.25) is 4.79 Å². The van der Waals surface area contributed by atoms with Crippen molar-refractivity contribution in [2.24, 2.45) is 0 Å². The predicted octanol–water partition coefficient (Wildman–Crippen LogP) is 5.91. The number of ether oxygens (including phenoxy) is 1. The number of halogens is 1. The Kier molecular flexibility index (Phi) is 7.84. The molecule has 0 spiro atoms. The Balaban J connectivity index is 1.46. The van der Waals surface area contributed by atoms with Crippen molar-refractivity contribution < 1.29 is 13.9 Å². The van der Waals surface area contributed by atoms with E-state index in [1.54, 1.807) is 19.1 Å². The zero-order valence-corrected chi connectivity index (χ0v) is 20.1. The summed E-state index contributed by atoms with van der Waals surface area (Å²) >= 11 is 0. The first kappa shape index (κ1) is 23.8. The van der Waals surface area contributed by atoms with E-state index in [2.05, 4.69) is 58.3 Å². The smallest absolute Gasteiger partial charge is 0.306 e. The SMILES string of the molecule is CCOC(=O)CCc1ccc(N(C)Cc2cccc3c2CCCN3Cc2ccccc2)cc1F. The van der Waals surface area contributed by atoms with Gasteiger partial charge >= 0.3 is 5.97 Å². The fourth-order valence-electron chi connectivity index (χ4n) is 4.68. The van der Waals surface area contributed by atoms with Gasteiger partial charge in [0.15, 0.2) is 0 Å². The Morgan fingerprint density at radius 3 is 2.65 bits per heavy atom. The van der Waals surface area contributed by atoms with E-state index in [9.17, 15) is 9.18 Å². The van der Waals surface area contributed by atoms with Crippen LogP contribution in [0.1, 0.15) is 42.0 Å². The van der Waals surface area contributed by atoms with Crippen LogP contribution in [-0.4, -0.2) is 26.2 Å². The Labute approximate surface area is 202 Å². The van der Waals surface area contributed by atoms with E-state index < -0.39 is 0 Å². The maximum absolute atomic E-state index is 14.7. The Morgan fingerprint density at radius 1 is 1.06 bits per heavy atom. The van der Waals surface area contributed by atoms with E-state index in [4.69, 9.17) is 4.74 Å². The van der Waals surface area contributed by atoms with Gasteiger partial charge in [0, 0.05) is 44.5 Å². The van der Waals surface area contributed by atoms with Crippen LogP contribution in [-0.2, 0) is 35.5 Å². The highest BCUT2D eigenvalue weighted by molar-refractivity contribution is 5.69. The molecule has 34 heavy (non-hydrogen) atoms. The molecule has 4 nitrogen and oxygen atoms in total. The van der Waals surface area contributed by atoms with Gasteiger partial charge in [-0.1, -0.05) is 48.5 Å². The van der Waals surface area contributed by atoms with Gasteiger partial charge in [0.05, 0.1) is 6.61 Å². The van der Waals surface area contributed by atoms with Crippen molar-refractivity contribution in [1.29, 1.82) is 0 Å². The molecule has 0 saturated carbocycles. The molecule has 0 bridgehead atoms. The van der Waals surface area contributed by atoms with Gasteiger partial charge in [0.2, 0.25) is 0 Å². The first-order valence-electron chi connectivity index (χ1n) is 12.1. The number of carbonyl (C=O) groups is 1. The number of nitrogens with zero attached hydrogens (tertiary/aromatic N) is 2. The second-order valence-corrected chi connectivity index (χ2v) is 8.86. The minimum absolute atomic E-state index is 0.190. The maximum atomic E-state index is 14.7. The molecule has 3 aromatic carbocycles. The summed E-state index contributed by atoms with van der Waals surface area (Å²) in [7, 11) is 2.00. The van der Waals surface area contributed by atoms with Gasteiger partial charge in [-0.2, -0.15) is 0 Å². The van der Waals surface area contributed by atoms with Crippen LogP contribution in [0.3, 0.4) is 0 Å². The molecule has 0 aromatic heterocycles. The average Bonchev–Trinajstić information content (AvgIpc) is 2.84. The molecule has 0 aliphatic carbocycles. The number of anilines is 2. The number of aryl methyl sites for hydroxylation is 1.